The minimum atomic E-state index is -3.37. The van der Waals surface area contributed by atoms with Crippen LogP contribution in [0.25, 0.3) is 0 Å². The van der Waals surface area contributed by atoms with E-state index < -0.39 is 10.0 Å². The number of fused-ring (bicyclic) bond motifs is 1. The number of nitrogens with one attached hydrogen (secondary N) is 2. The quantitative estimate of drug-likeness (QED) is 0.672. The SMILES string of the molecule is O=C(NCCS(=O)(=O)NCCBr)c1ccc2c(c1)OCO2. The molecule has 21 heavy (non-hydrogen) atoms. The zero-order valence-corrected chi connectivity index (χ0v) is 13.5. The molecule has 1 heterocycles. The van der Waals surface area contributed by atoms with Crippen molar-refractivity contribution in [2.24, 2.45) is 0 Å². The molecule has 0 atom stereocenters. The van der Waals surface area contributed by atoms with E-state index in [2.05, 4.69) is 26.0 Å². The fourth-order valence-corrected chi connectivity index (χ4v) is 3.09. The van der Waals surface area contributed by atoms with Crippen molar-refractivity contribution >= 4 is 31.9 Å². The number of carbonyl (C=O) groups excluding carboxylic acids is 1. The third kappa shape index (κ3) is 4.58. The minimum Gasteiger partial charge on any atom is -0.454 e. The first-order chi connectivity index (χ1) is 10.0. The van der Waals surface area contributed by atoms with Crippen molar-refractivity contribution in [2.75, 3.05) is 31.0 Å². The average Bonchev–Trinajstić information content (AvgIpc) is 2.92. The molecule has 9 heteroatoms. The van der Waals surface area contributed by atoms with Crippen LogP contribution in [0.3, 0.4) is 0 Å². The first kappa shape index (κ1) is 16.1. The second-order valence-corrected chi connectivity index (χ2v) is 6.95. The van der Waals surface area contributed by atoms with Gasteiger partial charge >= 0.3 is 0 Å². The molecule has 0 spiro atoms. The molecule has 1 aromatic carbocycles. The van der Waals surface area contributed by atoms with Crippen LogP contribution in [0.1, 0.15) is 10.4 Å². The molecule has 0 unspecified atom stereocenters. The number of rotatable bonds is 7. The van der Waals surface area contributed by atoms with Gasteiger partial charge in [-0.05, 0) is 18.2 Å². The van der Waals surface area contributed by atoms with E-state index in [1.165, 1.54) is 0 Å². The molecule has 1 aliphatic heterocycles. The third-order valence-corrected chi connectivity index (χ3v) is 4.49. The van der Waals surface area contributed by atoms with E-state index in [1.54, 1.807) is 18.2 Å². The zero-order chi connectivity index (χ0) is 15.3. The number of alkyl halides is 1. The topological polar surface area (TPSA) is 93.7 Å². The Morgan fingerprint density at radius 3 is 2.76 bits per heavy atom. The van der Waals surface area contributed by atoms with Crippen LogP contribution >= 0.6 is 15.9 Å². The Hall–Kier alpha value is -1.32. The standard InChI is InChI=1S/C12H15BrN2O5S/c13-3-4-15-21(17,18)6-5-14-12(16)9-1-2-10-11(7-9)20-8-19-10/h1-2,7,15H,3-6,8H2,(H,14,16). The molecule has 0 aliphatic carbocycles. The van der Waals surface area contributed by atoms with E-state index in [1.807, 2.05) is 0 Å². The van der Waals surface area contributed by atoms with Gasteiger partial charge in [0.25, 0.3) is 5.91 Å². The van der Waals surface area contributed by atoms with Gasteiger partial charge in [-0.15, -0.1) is 0 Å². The van der Waals surface area contributed by atoms with Gasteiger partial charge in [0, 0.05) is 24.0 Å². The maximum Gasteiger partial charge on any atom is 0.251 e. The molecule has 1 aliphatic rings. The number of amides is 1. The summed E-state index contributed by atoms with van der Waals surface area (Å²) in [5.41, 5.74) is 0.394. The zero-order valence-electron chi connectivity index (χ0n) is 11.1. The lowest BCUT2D eigenvalue weighted by Gasteiger charge is -2.07. The van der Waals surface area contributed by atoms with Gasteiger partial charge in [-0.3, -0.25) is 4.79 Å². The number of benzene rings is 1. The monoisotopic (exact) mass is 378 g/mol. The van der Waals surface area contributed by atoms with Gasteiger partial charge in [0.15, 0.2) is 11.5 Å². The number of halogens is 1. The lowest BCUT2D eigenvalue weighted by molar-refractivity contribution is 0.0955. The van der Waals surface area contributed by atoms with Crippen LogP contribution in [0.4, 0.5) is 0 Å². The van der Waals surface area contributed by atoms with E-state index in [9.17, 15) is 13.2 Å². The number of sulfonamides is 1. The smallest absolute Gasteiger partial charge is 0.251 e. The summed E-state index contributed by atoms with van der Waals surface area (Å²) in [5, 5.41) is 3.09. The average molecular weight is 379 g/mol. The Kier molecular flexibility index (Phi) is 5.43. The van der Waals surface area contributed by atoms with Crippen molar-refractivity contribution < 1.29 is 22.7 Å². The van der Waals surface area contributed by atoms with Crippen LogP contribution in [0, 0.1) is 0 Å². The second-order valence-electron chi connectivity index (χ2n) is 4.23. The van der Waals surface area contributed by atoms with Gasteiger partial charge in [-0.25, -0.2) is 13.1 Å². The molecule has 0 radical (unpaired) electrons. The molecule has 0 saturated carbocycles. The molecule has 0 saturated heterocycles. The first-order valence-electron chi connectivity index (χ1n) is 6.23. The number of hydrogen-bond donors (Lipinski definition) is 2. The van der Waals surface area contributed by atoms with Gasteiger partial charge < -0.3 is 14.8 Å². The molecule has 1 aromatic rings. The Morgan fingerprint density at radius 1 is 1.24 bits per heavy atom. The van der Waals surface area contributed by atoms with Crippen LogP contribution in [0.2, 0.25) is 0 Å². The highest BCUT2D eigenvalue weighted by Gasteiger charge is 2.16. The fraction of sp³-hybridized carbons (Fsp3) is 0.417. The van der Waals surface area contributed by atoms with Crippen LogP contribution in [0.15, 0.2) is 18.2 Å². The molecule has 0 fully saturated rings. The summed E-state index contributed by atoms with van der Waals surface area (Å²) < 4.78 is 35.8. The van der Waals surface area contributed by atoms with Crippen LogP contribution in [-0.4, -0.2) is 45.3 Å². The van der Waals surface area contributed by atoms with Gasteiger partial charge in [0.05, 0.1) is 5.75 Å². The number of carbonyl (C=O) groups is 1. The van der Waals surface area contributed by atoms with E-state index in [0.717, 1.165) is 0 Å². The molecule has 1 amide bonds. The molecule has 2 N–H and O–H groups in total. The lowest BCUT2D eigenvalue weighted by Crippen LogP contribution is -2.35. The summed E-state index contributed by atoms with van der Waals surface area (Å²) in [7, 11) is -3.37. The number of hydrogen-bond acceptors (Lipinski definition) is 5. The van der Waals surface area contributed by atoms with E-state index >= 15 is 0 Å². The largest absolute Gasteiger partial charge is 0.454 e. The normalized spacial score (nSPS) is 13.2. The van der Waals surface area contributed by atoms with Crippen molar-refractivity contribution in [1.82, 2.24) is 10.0 Å². The maximum absolute atomic E-state index is 11.9. The van der Waals surface area contributed by atoms with Crippen LogP contribution < -0.4 is 19.5 Å². The Labute approximate surface area is 131 Å². The molecule has 7 nitrogen and oxygen atoms in total. The highest BCUT2D eigenvalue weighted by Crippen LogP contribution is 2.32. The van der Waals surface area contributed by atoms with Gasteiger partial charge in [0.1, 0.15) is 0 Å². The summed E-state index contributed by atoms with van der Waals surface area (Å²) in [5.74, 6) is 0.572. The van der Waals surface area contributed by atoms with E-state index in [-0.39, 0.29) is 25.0 Å². The van der Waals surface area contributed by atoms with Crippen molar-refractivity contribution in [3.63, 3.8) is 0 Å². The lowest BCUT2D eigenvalue weighted by atomic mass is 10.2. The van der Waals surface area contributed by atoms with Gasteiger partial charge in [-0.2, -0.15) is 0 Å². The van der Waals surface area contributed by atoms with Crippen LogP contribution in [-0.2, 0) is 10.0 Å². The summed E-state index contributed by atoms with van der Waals surface area (Å²) in [6.07, 6.45) is 0. The van der Waals surface area contributed by atoms with E-state index in [0.29, 0.717) is 28.9 Å². The predicted octanol–water partition coefficient (Wildman–Crippen LogP) is 0.459. The van der Waals surface area contributed by atoms with Crippen molar-refractivity contribution in [3.05, 3.63) is 23.8 Å². The summed E-state index contributed by atoms with van der Waals surface area (Å²) >= 11 is 3.13. The van der Waals surface area contributed by atoms with Crippen LogP contribution in [0.5, 0.6) is 11.5 Å². The molecular formula is C12H15BrN2O5S. The van der Waals surface area contributed by atoms with E-state index in [4.69, 9.17) is 9.47 Å². The second kappa shape index (κ2) is 7.10. The summed E-state index contributed by atoms with van der Waals surface area (Å²) in [6, 6.07) is 4.81. The molecule has 2 rings (SSSR count). The van der Waals surface area contributed by atoms with Crippen molar-refractivity contribution in [3.8, 4) is 11.5 Å². The molecule has 116 valence electrons. The Bertz CT molecular complexity index is 620. The molecule has 0 bridgehead atoms. The predicted molar refractivity (Wildman–Crippen MR) is 80.5 cm³/mol. The van der Waals surface area contributed by atoms with Crippen molar-refractivity contribution in [1.29, 1.82) is 0 Å². The summed E-state index contributed by atoms with van der Waals surface area (Å²) in [6.45, 7) is 0.487. The Morgan fingerprint density at radius 2 is 2.00 bits per heavy atom. The fourth-order valence-electron chi connectivity index (χ4n) is 1.71. The third-order valence-electron chi connectivity index (χ3n) is 2.71. The minimum absolute atomic E-state index is 0.0326. The van der Waals surface area contributed by atoms with Gasteiger partial charge in [0.2, 0.25) is 16.8 Å². The van der Waals surface area contributed by atoms with Crippen molar-refractivity contribution in [2.45, 2.75) is 0 Å². The highest BCUT2D eigenvalue weighted by molar-refractivity contribution is 9.09. The summed E-state index contributed by atoms with van der Waals surface area (Å²) in [4.78, 5) is 11.9. The maximum atomic E-state index is 11.9. The first-order valence-corrected chi connectivity index (χ1v) is 9.00. The molecule has 0 aromatic heterocycles. The highest BCUT2D eigenvalue weighted by atomic mass is 79.9. The number of ether oxygens (including phenoxy) is 2. The van der Waals surface area contributed by atoms with Gasteiger partial charge in [-0.1, -0.05) is 15.9 Å². The Balaban J connectivity index is 1.85. The molecular weight excluding hydrogens is 364 g/mol.